The van der Waals surface area contributed by atoms with Gasteiger partial charge in [-0.15, -0.1) is 6.58 Å². The second-order valence-corrected chi connectivity index (χ2v) is 8.33. The van der Waals surface area contributed by atoms with Crippen LogP contribution in [0.25, 0.3) is 0 Å². The molecule has 0 radical (unpaired) electrons. The molecular weight excluding hydrogens is 284 g/mol. The van der Waals surface area contributed by atoms with Crippen molar-refractivity contribution in [1.82, 2.24) is 0 Å². The Hall–Kier alpha value is -2.58. The third-order valence-electron chi connectivity index (χ3n) is 3.71. The molecule has 0 aliphatic rings. The molecule has 0 N–H and O–H groups in total. The van der Waals surface area contributed by atoms with Gasteiger partial charge in [0.2, 0.25) is 0 Å². The Balaban J connectivity index is 2.15. The van der Waals surface area contributed by atoms with Gasteiger partial charge in [0.25, 0.3) is 0 Å². The third kappa shape index (κ3) is 2.74. The molecule has 2 heteroatoms. The standard InChI is InChI=1S/C20H18OSi/c1-2-22(19-14-8-4-9-15-19,20-16-10-5-11-17-20)21-18-12-6-3-7-13-18/h2-17H,1H2. The summed E-state index contributed by atoms with van der Waals surface area (Å²) in [6.07, 6.45) is 0. The smallest absolute Gasteiger partial charge is 0.339 e. The largest absolute Gasteiger partial charge is 0.531 e. The maximum Gasteiger partial charge on any atom is 0.339 e. The maximum atomic E-state index is 6.54. The average molecular weight is 302 g/mol. The normalized spacial score (nSPS) is 10.9. The van der Waals surface area contributed by atoms with Crippen LogP contribution in [-0.2, 0) is 0 Å². The van der Waals surface area contributed by atoms with E-state index in [1.807, 2.05) is 48.2 Å². The van der Waals surface area contributed by atoms with Crippen molar-refractivity contribution in [3.8, 4) is 5.75 Å². The fourth-order valence-corrected chi connectivity index (χ4v) is 5.61. The van der Waals surface area contributed by atoms with Gasteiger partial charge in [-0.3, -0.25) is 0 Å². The summed E-state index contributed by atoms with van der Waals surface area (Å²) in [4.78, 5) is 0. The first-order chi connectivity index (χ1) is 10.8. The minimum Gasteiger partial charge on any atom is -0.531 e. The molecule has 22 heavy (non-hydrogen) atoms. The Bertz CT molecular complexity index is 684. The van der Waals surface area contributed by atoms with Crippen molar-refractivity contribution in [2.45, 2.75) is 0 Å². The van der Waals surface area contributed by atoms with Gasteiger partial charge in [0.05, 0.1) is 0 Å². The summed E-state index contributed by atoms with van der Waals surface area (Å²) in [5, 5.41) is 2.39. The van der Waals surface area contributed by atoms with E-state index in [9.17, 15) is 0 Å². The van der Waals surface area contributed by atoms with E-state index in [-0.39, 0.29) is 0 Å². The fraction of sp³-hybridized carbons (Fsp3) is 0. The molecule has 0 amide bonds. The number of hydrogen-bond donors (Lipinski definition) is 0. The molecule has 0 atom stereocenters. The predicted octanol–water partition coefficient (Wildman–Crippen LogP) is 3.55. The lowest BCUT2D eigenvalue weighted by Gasteiger charge is -2.30. The van der Waals surface area contributed by atoms with E-state index < -0.39 is 8.32 Å². The maximum absolute atomic E-state index is 6.54. The van der Waals surface area contributed by atoms with E-state index in [2.05, 4.69) is 55.1 Å². The van der Waals surface area contributed by atoms with Crippen molar-refractivity contribution < 1.29 is 4.43 Å². The molecule has 3 aromatic carbocycles. The SMILES string of the molecule is C=C[Si](Oc1ccccc1)(c1ccccc1)c1ccccc1. The molecule has 108 valence electrons. The van der Waals surface area contributed by atoms with E-state index in [0.717, 1.165) is 5.75 Å². The molecule has 0 aliphatic heterocycles. The van der Waals surface area contributed by atoms with Crippen molar-refractivity contribution in [1.29, 1.82) is 0 Å². The molecule has 3 aromatic rings. The van der Waals surface area contributed by atoms with E-state index in [1.165, 1.54) is 10.4 Å². The summed E-state index contributed by atoms with van der Waals surface area (Å²) in [5.41, 5.74) is 2.00. The highest BCUT2D eigenvalue weighted by Gasteiger charge is 2.38. The molecule has 0 heterocycles. The predicted molar refractivity (Wildman–Crippen MR) is 95.2 cm³/mol. The zero-order valence-corrected chi connectivity index (χ0v) is 13.4. The van der Waals surface area contributed by atoms with Crippen LogP contribution in [0.4, 0.5) is 0 Å². The molecule has 0 fully saturated rings. The van der Waals surface area contributed by atoms with Gasteiger partial charge in [-0.25, -0.2) is 0 Å². The van der Waals surface area contributed by atoms with Gasteiger partial charge in [-0.2, -0.15) is 0 Å². The molecule has 0 aliphatic carbocycles. The van der Waals surface area contributed by atoms with Crippen molar-refractivity contribution in [2.24, 2.45) is 0 Å². The van der Waals surface area contributed by atoms with Gasteiger partial charge in [0.15, 0.2) is 0 Å². The van der Waals surface area contributed by atoms with Gasteiger partial charge < -0.3 is 4.43 Å². The summed E-state index contributed by atoms with van der Waals surface area (Å²) < 4.78 is 6.54. The molecule has 0 bridgehead atoms. The quantitative estimate of drug-likeness (QED) is 0.655. The number of para-hydroxylation sites is 1. The van der Waals surface area contributed by atoms with E-state index in [1.54, 1.807) is 0 Å². The van der Waals surface area contributed by atoms with Crippen LogP contribution in [0.2, 0.25) is 0 Å². The summed E-state index contributed by atoms with van der Waals surface area (Å²) in [5.74, 6) is 0.877. The van der Waals surface area contributed by atoms with Crippen LogP contribution in [0, 0.1) is 0 Å². The minimum atomic E-state index is -2.50. The number of benzene rings is 3. The number of rotatable bonds is 5. The molecule has 0 saturated carbocycles. The van der Waals surface area contributed by atoms with Crippen LogP contribution in [0.5, 0.6) is 5.75 Å². The van der Waals surface area contributed by atoms with Crippen molar-refractivity contribution >= 4 is 18.7 Å². The van der Waals surface area contributed by atoms with E-state index in [0.29, 0.717) is 0 Å². The molecule has 0 aromatic heterocycles. The first-order valence-corrected chi connectivity index (χ1v) is 9.32. The molecular formula is C20H18OSi. The Morgan fingerprint density at radius 1 is 0.636 bits per heavy atom. The lowest BCUT2D eigenvalue weighted by atomic mass is 10.3. The third-order valence-corrected chi connectivity index (χ3v) is 7.23. The van der Waals surface area contributed by atoms with Crippen LogP contribution in [0.15, 0.2) is 103 Å². The van der Waals surface area contributed by atoms with Crippen molar-refractivity contribution in [3.63, 3.8) is 0 Å². The van der Waals surface area contributed by atoms with E-state index in [4.69, 9.17) is 4.43 Å². The molecule has 0 saturated heterocycles. The lowest BCUT2D eigenvalue weighted by Crippen LogP contribution is -2.62. The summed E-state index contributed by atoms with van der Waals surface area (Å²) in [7, 11) is -2.50. The molecule has 0 spiro atoms. The van der Waals surface area contributed by atoms with Gasteiger partial charge >= 0.3 is 8.32 Å². The van der Waals surface area contributed by atoms with Crippen molar-refractivity contribution in [2.75, 3.05) is 0 Å². The summed E-state index contributed by atoms with van der Waals surface area (Å²) in [6.45, 7) is 4.12. The van der Waals surface area contributed by atoms with Gasteiger partial charge in [-0.1, -0.05) is 84.6 Å². The Morgan fingerprint density at radius 2 is 1.05 bits per heavy atom. The fourth-order valence-electron chi connectivity index (χ4n) is 2.61. The minimum absolute atomic E-state index is 0.877. The van der Waals surface area contributed by atoms with Crippen molar-refractivity contribution in [3.05, 3.63) is 103 Å². The second-order valence-electron chi connectivity index (χ2n) is 5.09. The van der Waals surface area contributed by atoms with Crippen LogP contribution in [0.3, 0.4) is 0 Å². The summed E-state index contributed by atoms with van der Waals surface area (Å²) >= 11 is 0. The highest BCUT2D eigenvalue weighted by Crippen LogP contribution is 2.17. The Labute approximate surface area is 132 Å². The van der Waals surface area contributed by atoms with Crippen LogP contribution in [-0.4, -0.2) is 8.32 Å². The topological polar surface area (TPSA) is 9.23 Å². The molecule has 0 unspecified atom stereocenters. The molecule has 3 rings (SSSR count). The van der Waals surface area contributed by atoms with Gasteiger partial charge in [-0.05, 0) is 22.5 Å². The van der Waals surface area contributed by atoms with E-state index >= 15 is 0 Å². The van der Waals surface area contributed by atoms with Crippen LogP contribution < -0.4 is 14.8 Å². The highest BCUT2D eigenvalue weighted by molar-refractivity contribution is 7.01. The Morgan fingerprint density at radius 3 is 1.45 bits per heavy atom. The van der Waals surface area contributed by atoms with Gasteiger partial charge in [0, 0.05) is 0 Å². The summed E-state index contributed by atoms with van der Waals surface area (Å²) in [6, 6.07) is 30.8. The zero-order chi connectivity index (χ0) is 15.3. The monoisotopic (exact) mass is 302 g/mol. The Kier molecular flexibility index (Phi) is 4.21. The molecule has 1 nitrogen and oxygen atoms in total. The highest BCUT2D eigenvalue weighted by atomic mass is 28.4. The van der Waals surface area contributed by atoms with Crippen LogP contribution >= 0.6 is 0 Å². The second kappa shape index (κ2) is 6.46. The first-order valence-electron chi connectivity index (χ1n) is 7.34. The zero-order valence-electron chi connectivity index (χ0n) is 12.4. The average Bonchev–Trinajstić information content (AvgIpc) is 2.62. The lowest BCUT2D eigenvalue weighted by molar-refractivity contribution is 0.576. The number of hydrogen-bond acceptors (Lipinski definition) is 1. The van der Waals surface area contributed by atoms with Gasteiger partial charge in [0.1, 0.15) is 5.75 Å². The first kappa shape index (κ1) is 14.4. The van der Waals surface area contributed by atoms with Crippen LogP contribution in [0.1, 0.15) is 0 Å².